The van der Waals surface area contributed by atoms with Crippen molar-refractivity contribution < 1.29 is 4.79 Å². The molecule has 0 radical (unpaired) electrons. The molecule has 14 heavy (non-hydrogen) atoms. The summed E-state index contributed by atoms with van der Waals surface area (Å²) in [6.45, 7) is 3.92. The van der Waals surface area contributed by atoms with Crippen molar-refractivity contribution in [1.29, 1.82) is 0 Å². The van der Waals surface area contributed by atoms with Gasteiger partial charge in [-0.15, -0.1) is 0 Å². The molecule has 0 aromatic carbocycles. The molecule has 0 aliphatic carbocycles. The van der Waals surface area contributed by atoms with Crippen molar-refractivity contribution >= 4 is 5.91 Å². The number of hydrogen-bond acceptors (Lipinski definition) is 2. The van der Waals surface area contributed by atoms with Crippen LogP contribution in [0, 0.1) is 0 Å². The maximum atomic E-state index is 11.5. The largest absolute Gasteiger partial charge is 0.346 e. The highest BCUT2D eigenvalue weighted by molar-refractivity contribution is 5.75. The van der Waals surface area contributed by atoms with E-state index in [1.54, 1.807) is 0 Å². The van der Waals surface area contributed by atoms with Gasteiger partial charge >= 0.3 is 0 Å². The highest BCUT2D eigenvalue weighted by atomic mass is 16.2. The topological polar surface area (TPSA) is 23.6 Å². The molecule has 0 bridgehead atoms. The van der Waals surface area contributed by atoms with Crippen LogP contribution < -0.4 is 0 Å². The first-order valence-corrected chi connectivity index (χ1v) is 5.46. The summed E-state index contributed by atoms with van der Waals surface area (Å²) < 4.78 is 0. The Balaban J connectivity index is 3.54. The van der Waals surface area contributed by atoms with E-state index >= 15 is 0 Å². The number of nitrogens with zero attached hydrogens (tertiary/aromatic N) is 2. The van der Waals surface area contributed by atoms with E-state index < -0.39 is 0 Å². The quantitative estimate of drug-likeness (QED) is 0.583. The zero-order valence-corrected chi connectivity index (χ0v) is 10.0. The van der Waals surface area contributed by atoms with Gasteiger partial charge in [0.25, 0.3) is 0 Å². The van der Waals surface area contributed by atoms with Crippen LogP contribution in [0.25, 0.3) is 0 Å². The summed E-state index contributed by atoms with van der Waals surface area (Å²) in [6, 6.07) is 0. The summed E-state index contributed by atoms with van der Waals surface area (Å²) >= 11 is 0. The van der Waals surface area contributed by atoms with Crippen LogP contribution in [-0.2, 0) is 4.79 Å². The predicted molar refractivity (Wildman–Crippen MR) is 60.3 cm³/mol. The van der Waals surface area contributed by atoms with Crippen molar-refractivity contribution in [2.45, 2.75) is 32.6 Å². The second-order valence-electron chi connectivity index (χ2n) is 4.08. The Morgan fingerprint density at radius 3 is 2.21 bits per heavy atom. The van der Waals surface area contributed by atoms with Gasteiger partial charge in [-0.25, -0.2) is 0 Å². The van der Waals surface area contributed by atoms with Crippen LogP contribution in [0.1, 0.15) is 32.6 Å². The zero-order chi connectivity index (χ0) is 11.0. The minimum Gasteiger partial charge on any atom is -0.346 e. The van der Waals surface area contributed by atoms with Gasteiger partial charge in [0.15, 0.2) is 0 Å². The molecule has 0 unspecified atom stereocenters. The molecule has 0 aromatic rings. The molecule has 0 saturated carbocycles. The van der Waals surface area contributed by atoms with E-state index in [9.17, 15) is 4.79 Å². The van der Waals surface area contributed by atoms with Gasteiger partial charge in [-0.1, -0.05) is 19.8 Å². The Morgan fingerprint density at radius 1 is 1.07 bits per heavy atom. The lowest BCUT2D eigenvalue weighted by Gasteiger charge is -2.18. The summed E-state index contributed by atoms with van der Waals surface area (Å²) in [6.07, 6.45) is 4.18. The van der Waals surface area contributed by atoms with Crippen molar-refractivity contribution in [3.63, 3.8) is 0 Å². The third-order valence-electron chi connectivity index (χ3n) is 2.30. The SMILES string of the molecule is CCCCCN(C)C(=O)CCN(C)C. The van der Waals surface area contributed by atoms with Crippen LogP contribution in [0.3, 0.4) is 0 Å². The fourth-order valence-corrected chi connectivity index (χ4v) is 1.23. The summed E-state index contributed by atoms with van der Waals surface area (Å²) in [7, 11) is 5.88. The number of carbonyl (C=O) groups excluding carboxylic acids is 1. The normalized spacial score (nSPS) is 10.6. The second-order valence-corrected chi connectivity index (χ2v) is 4.08. The van der Waals surface area contributed by atoms with Crippen molar-refractivity contribution in [3.05, 3.63) is 0 Å². The molecular formula is C11H24N2O. The first-order chi connectivity index (χ1) is 6.57. The molecule has 3 nitrogen and oxygen atoms in total. The molecule has 1 amide bonds. The van der Waals surface area contributed by atoms with Gasteiger partial charge in [0.2, 0.25) is 5.91 Å². The van der Waals surface area contributed by atoms with E-state index in [1.807, 2.05) is 30.9 Å². The number of hydrogen-bond donors (Lipinski definition) is 0. The third kappa shape index (κ3) is 6.89. The Kier molecular flexibility index (Phi) is 7.48. The molecule has 84 valence electrons. The highest BCUT2D eigenvalue weighted by Crippen LogP contribution is 1.98. The minimum atomic E-state index is 0.259. The van der Waals surface area contributed by atoms with Crippen molar-refractivity contribution in [2.75, 3.05) is 34.2 Å². The van der Waals surface area contributed by atoms with Gasteiger partial charge < -0.3 is 9.80 Å². The molecule has 0 fully saturated rings. The van der Waals surface area contributed by atoms with E-state index in [0.717, 1.165) is 19.5 Å². The fraction of sp³-hybridized carbons (Fsp3) is 0.909. The monoisotopic (exact) mass is 200 g/mol. The molecule has 0 aliphatic rings. The number of rotatable bonds is 7. The van der Waals surface area contributed by atoms with Crippen LogP contribution in [0.5, 0.6) is 0 Å². The van der Waals surface area contributed by atoms with Gasteiger partial charge in [0.05, 0.1) is 0 Å². The molecule has 0 aliphatic heterocycles. The Hall–Kier alpha value is -0.570. The lowest BCUT2D eigenvalue weighted by atomic mass is 10.2. The molecular weight excluding hydrogens is 176 g/mol. The Labute approximate surface area is 88.1 Å². The van der Waals surface area contributed by atoms with Crippen LogP contribution in [0.2, 0.25) is 0 Å². The van der Waals surface area contributed by atoms with Gasteiger partial charge in [0, 0.05) is 26.6 Å². The summed E-state index contributed by atoms with van der Waals surface area (Å²) in [5.74, 6) is 0.259. The molecule has 0 saturated heterocycles. The standard InChI is InChI=1S/C11H24N2O/c1-5-6-7-9-13(4)11(14)8-10-12(2)3/h5-10H2,1-4H3. The van der Waals surface area contributed by atoms with Crippen molar-refractivity contribution in [1.82, 2.24) is 9.80 Å². The number of carbonyl (C=O) groups is 1. The molecule has 0 atom stereocenters. The van der Waals surface area contributed by atoms with Crippen LogP contribution in [0.4, 0.5) is 0 Å². The van der Waals surface area contributed by atoms with E-state index in [1.165, 1.54) is 12.8 Å². The van der Waals surface area contributed by atoms with Crippen molar-refractivity contribution in [3.8, 4) is 0 Å². The highest BCUT2D eigenvalue weighted by Gasteiger charge is 2.07. The minimum absolute atomic E-state index is 0.259. The first-order valence-electron chi connectivity index (χ1n) is 5.46. The maximum absolute atomic E-state index is 11.5. The van der Waals surface area contributed by atoms with Crippen molar-refractivity contribution in [2.24, 2.45) is 0 Å². The third-order valence-corrected chi connectivity index (χ3v) is 2.30. The summed E-state index contributed by atoms with van der Waals surface area (Å²) in [5.41, 5.74) is 0. The predicted octanol–water partition coefficient (Wildman–Crippen LogP) is 1.59. The molecule has 0 N–H and O–H groups in total. The van der Waals surface area contributed by atoms with Gasteiger partial charge in [-0.05, 0) is 20.5 Å². The summed E-state index contributed by atoms with van der Waals surface area (Å²) in [4.78, 5) is 15.4. The van der Waals surface area contributed by atoms with Gasteiger partial charge in [-0.2, -0.15) is 0 Å². The lowest BCUT2D eigenvalue weighted by Crippen LogP contribution is -2.30. The number of unbranched alkanes of at least 4 members (excludes halogenated alkanes) is 2. The Bertz CT molecular complexity index is 157. The molecule has 0 rings (SSSR count). The van der Waals surface area contributed by atoms with Gasteiger partial charge in [-0.3, -0.25) is 4.79 Å². The smallest absolute Gasteiger partial charge is 0.223 e. The fourth-order valence-electron chi connectivity index (χ4n) is 1.23. The molecule has 0 spiro atoms. The Morgan fingerprint density at radius 2 is 1.71 bits per heavy atom. The van der Waals surface area contributed by atoms with E-state index in [-0.39, 0.29) is 5.91 Å². The van der Waals surface area contributed by atoms with E-state index in [0.29, 0.717) is 6.42 Å². The van der Waals surface area contributed by atoms with Crippen LogP contribution >= 0.6 is 0 Å². The molecule has 0 aromatic heterocycles. The second kappa shape index (κ2) is 7.80. The van der Waals surface area contributed by atoms with Crippen LogP contribution in [0.15, 0.2) is 0 Å². The summed E-state index contributed by atoms with van der Waals surface area (Å²) in [5, 5.41) is 0. The average molecular weight is 200 g/mol. The average Bonchev–Trinajstić information content (AvgIpc) is 2.14. The zero-order valence-electron chi connectivity index (χ0n) is 10.0. The van der Waals surface area contributed by atoms with Gasteiger partial charge in [0.1, 0.15) is 0 Å². The molecule has 3 heteroatoms. The molecule has 0 heterocycles. The number of amides is 1. The van der Waals surface area contributed by atoms with E-state index in [2.05, 4.69) is 6.92 Å². The lowest BCUT2D eigenvalue weighted by molar-refractivity contribution is -0.130. The first kappa shape index (κ1) is 13.4. The van der Waals surface area contributed by atoms with Crippen LogP contribution in [-0.4, -0.2) is 49.9 Å². The van der Waals surface area contributed by atoms with E-state index in [4.69, 9.17) is 0 Å². The maximum Gasteiger partial charge on any atom is 0.223 e.